The highest BCUT2D eigenvalue weighted by Crippen LogP contribution is 2.29. The lowest BCUT2D eigenvalue weighted by molar-refractivity contribution is -0.141. The predicted octanol–water partition coefficient (Wildman–Crippen LogP) is 0.803. The molecule has 0 aliphatic carbocycles. The second-order valence-electron chi connectivity index (χ2n) is 7.18. The Labute approximate surface area is 147 Å². The van der Waals surface area contributed by atoms with Gasteiger partial charge in [-0.2, -0.15) is 0 Å². The van der Waals surface area contributed by atoms with Crippen molar-refractivity contribution in [2.45, 2.75) is 31.3 Å². The van der Waals surface area contributed by atoms with Gasteiger partial charge in [0, 0.05) is 32.4 Å². The molecule has 0 radical (unpaired) electrons. The first-order valence-corrected chi connectivity index (χ1v) is 9.06. The van der Waals surface area contributed by atoms with Gasteiger partial charge in [-0.15, -0.1) is 0 Å². The molecular weight excluding hydrogens is 320 g/mol. The van der Waals surface area contributed by atoms with Crippen molar-refractivity contribution in [2.75, 3.05) is 44.2 Å². The Morgan fingerprint density at radius 2 is 2.04 bits per heavy atom. The van der Waals surface area contributed by atoms with E-state index in [0.29, 0.717) is 18.7 Å². The van der Waals surface area contributed by atoms with E-state index in [-0.39, 0.29) is 24.0 Å². The number of piperidine rings is 1. The highest BCUT2D eigenvalue weighted by atomic mass is 16.5. The van der Waals surface area contributed by atoms with Crippen molar-refractivity contribution >= 4 is 17.6 Å². The number of aromatic nitrogens is 1. The van der Waals surface area contributed by atoms with Gasteiger partial charge in [0.15, 0.2) is 0 Å². The van der Waals surface area contributed by atoms with E-state index in [9.17, 15) is 9.59 Å². The van der Waals surface area contributed by atoms with Crippen LogP contribution in [0.1, 0.15) is 36.0 Å². The molecule has 0 aromatic carbocycles. The lowest BCUT2D eigenvalue weighted by Gasteiger charge is -2.33. The van der Waals surface area contributed by atoms with E-state index in [1.165, 1.54) is 6.42 Å². The van der Waals surface area contributed by atoms with Crippen LogP contribution in [0, 0.1) is 0 Å². The summed E-state index contributed by atoms with van der Waals surface area (Å²) in [6.45, 7) is 3.91. The van der Waals surface area contributed by atoms with Crippen LogP contribution in [-0.2, 0) is 9.53 Å². The molecule has 4 rings (SSSR count). The number of hydrogen-bond donors (Lipinski definition) is 1. The van der Waals surface area contributed by atoms with Gasteiger partial charge in [-0.05, 0) is 37.8 Å². The molecule has 2 amide bonds. The number of nitrogens with zero attached hydrogens (tertiary/aromatic N) is 3. The highest BCUT2D eigenvalue weighted by Gasteiger charge is 2.42. The minimum absolute atomic E-state index is 0.0530. The zero-order valence-electron chi connectivity index (χ0n) is 14.4. The van der Waals surface area contributed by atoms with Crippen LogP contribution in [0.2, 0.25) is 0 Å². The number of carbonyl (C=O) groups is 2. The number of nitrogens with one attached hydrogen (secondary N) is 1. The fraction of sp³-hybridized carbons (Fsp3) is 0.611. The highest BCUT2D eigenvalue weighted by molar-refractivity contribution is 5.94. The summed E-state index contributed by atoms with van der Waals surface area (Å²) in [5.41, 5.74) is 0.346. The molecule has 4 heterocycles. The van der Waals surface area contributed by atoms with Gasteiger partial charge in [-0.3, -0.25) is 9.59 Å². The van der Waals surface area contributed by atoms with Gasteiger partial charge < -0.3 is 19.9 Å². The minimum Gasteiger partial charge on any atom is -0.361 e. The van der Waals surface area contributed by atoms with E-state index < -0.39 is 0 Å². The van der Waals surface area contributed by atoms with Crippen LogP contribution in [0.15, 0.2) is 18.3 Å². The molecule has 1 N–H and O–H groups in total. The van der Waals surface area contributed by atoms with Crippen molar-refractivity contribution in [3.05, 3.63) is 23.9 Å². The summed E-state index contributed by atoms with van der Waals surface area (Å²) in [5, 5.41) is 2.89. The van der Waals surface area contributed by atoms with Gasteiger partial charge >= 0.3 is 0 Å². The first kappa shape index (κ1) is 16.3. The summed E-state index contributed by atoms with van der Waals surface area (Å²) in [5.74, 6) is 0.880. The Bertz CT molecular complexity index is 645. The van der Waals surface area contributed by atoms with Crippen LogP contribution < -0.4 is 10.2 Å². The maximum Gasteiger partial charge on any atom is 0.255 e. The number of pyridine rings is 1. The van der Waals surface area contributed by atoms with E-state index in [2.05, 4.69) is 15.2 Å². The van der Waals surface area contributed by atoms with E-state index in [0.717, 1.165) is 44.7 Å². The molecule has 7 heteroatoms. The quantitative estimate of drug-likeness (QED) is 0.859. The normalized spacial score (nSPS) is 26.8. The molecule has 1 spiro atoms. The first-order valence-electron chi connectivity index (χ1n) is 9.06. The Morgan fingerprint density at radius 1 is 1.20 bits per heavy atom. The number of rotatable bonds is 2. The third-order valence-corrected chi connectivity index (χ3v) is 5.40. The largest absolute Gasteiger partial charge is 0.361 e. The maximum atomic E-state index is 12.5. The topological polar surface area (TPSA) is 74.8 Å². The summed E-state index contributed by atoms with van der Waals surface area (Å²) >= 11 is 0. The predicted molar refractivity (Wildman–Crippen MR) is 92.5 cm³/mol. The summed E-state index contributed by atoms with van der Waals surface area (Å²) in [6.07, 6.45) is 5.93. The van der Waals surface area contributed by atoms with Gasteiger partial charge in [0.05, 0.1) is 12.1 Å². The Hall–Kier alpha value is -2.15. The molecule has 7 nitrogen and oxygen atoms in total. The van der Waals surface area contributed by atoms with Crippen LogP contribution in [0.4, 0.5) is 5.82 Å². The second-order valence-corrected chi connectivity index (χ2v) is 7.18. The van der Waals surface area contributed by atoms with Crippen LogP contribution in [0.5, 0.6) is 0 Å². The van der Waals surface area contributed by atoms with Gasteiger partial charge in [0.2, 0.25) is 5.91 Å². The lowest BCUT2D eigenvalue weighted by atomic mass is 10.0. The molecule has 25 heavy (non-hydrogen) atoms. The van der Waals surface area contributed by atoms with Gasteiger partial charge in [-0.1, -0.05) is 0 Å². The number of amides is 2. The zero-order chi connectivity index (χ0) is 17.3. The van der Waals surface area contributed by atoms with E-state index in [4.69, 9.17) is 4.74 Å². The number of likely N-dealkylation sites (tertiary alicyclic amines) is 1. The third-order valence-electron chi connectivity index (χ3n) is 5.40. The molecule has 3 saturated heterocycles. The molecule has 0 saturated carbocycles. The number of carbonyl (C=O) groups excluding carboxylic acids is 2. The van der Waals surface area contributed by atoms with Gasteiger partial charge in [0.25, 0.3) is 5.91 Å². The average Bonchev–Trinajstić information content (AvgIpc) is 3.09. The van der Waals surface area contributed by atoms with Gasteiger partial charge in [0.1, 0.15) is 18.0 Å². The van der Waals surface area contributed by atoms with Crippen molar-refractivity contribution in [3.8, 4) is 0 Å². The van der Waals surface area contributed by atoms with Crippen LogP contribution in [-0.4, -0.2) is 66.6 Å². The number of hydrogen-bond acceptors (Lipinski definition) is 5. The Kier molecular flexibility index (Phi) is 4.33. The molecule has 1 aromatic heterocycles. The fourth-order valence-corrected chi connectivity index (χ4v) is 3.86. The Balaban J connectivity index is 1.40. The fourth-order valence-electron chi connectivity index (χ4n) is 3.86. The molecule has 3 aliphatic rings. The molecule has 3 fully saturated rings. The zero-order valence-corrected chi connectivity index (χ0v) is 14.4. The number of anilines is 1. The third kappa shape index (κ3) is 3.33. The number of morpholine rings is 1. The van der Waals surface area contributed by atoms with E-state index >= 15 is 0 Å². The van der Waals surface area contributed by atoms with Crippen LogP contribution in [0.25, 0.3) is 0 Å². The molecular formula is C18H24N4O3. The molecule has 3 aliphatic heterocycles. The average molecular weight is 344 g/mol. The standard InChI is InChI=1S/C18H24N4O3/c23-16-11-25-18(12-20-16)6-9-22(13-18)15-5-4-14(10-19-15)17(24)21-7-2-1-3-8-21/h4-5,10H,1-3,6-9,11-13H2,(H,20,23). The van der Waals surface area contributed by atoms with Gasteiger partial charge in [-0.25, -0.2) is 4.98 Å². The van der Waals surface area contributed by atoms with Crippen molar-refractivity contribution < 1.29 is 14.3 Å². The molecule has 1 aromatic rings. The maximum absolute atomic E-state index is 12.5. The van der Waals surface area contributed by atoms with Crippen molar-refractivity contribution in [1.29, 1.82) is 0 Å². The van der Waals surface area contributed by atoms with E-state index in [1.54, 1.807) is 6.20 Å². The van der Waals surface area contributed by atoms with E-state index in [1.807, 2.05) is 17.0 Å². The van der Waals surface area contributed by atoms with Crippen molar-refractivity contribution in [1.82, 2.24) is 15.2 Å². The molecule has 1 unspecified atom stereocenters. The summed E-state index contributed by atoms with van der Waals surface area (Å²) in [4.78, 5) is 32.4. The minimum atomic E-state index is -0.308. The van der Waals surface area contributed by atoms with Crippen LogP contribution >= 0.6 is 0 Å². The number of ether oxygens (including phenoxy) is 1. The van der Waals surface area contributed by atoms with Crippen molar-refractivity contribution in [2.24, 2.45) is 0 Å². The monoisotopic (exact) mass is 344 g/mol. The summed E-state index contributed by atoms with van der Waals surface area (Å²) in [7, 11) is 0. The molecule has 134 valence electrons. The molecule has 1 atom stereocenters. The van der Waals surface area contributed by atoms with Crippen molar-refractivity contribution in [3.63, 3.8) is 0 Å². The Morgan fingerprint density at radius 3 is 2.72 bits per heavy atom. The molecule has 0 bridgehead atoms. The first-order chi connectivity index (χ1) is 12.2. The smallest absolute Gasteiger partial charge is 0.255 e. The summed E-state index contributed by atoms with van der Waals surface area (Å²) in [6, 6.07) is 3.78. The van der Waals surface area contributed by atoms with Crippen LogP contribution in [0.3, 0.4) is 0 Å². The lowest BCUT2D eigenvalue weighted by Crippen LogP contribution is -2.53. The SMILES string of the molecule is O=C1COC2(CCN(c3ccc(C(=O)N4CCCCC4)cn3)C2)CN1. The summed E-state index contributed by atoms with van der Waals surface area (Å²) < 4.78 is 5.79. The second kappa shape index (κ2) is 6.63.